The standard InChI is InChI=1S/C31H29FN8O3S/c1-17(2)8-27(41)35-22-12-20(13-33-14-22)24-4-5-25-29(36-24)30(40-39-25)31-37-26-16-34-15-23(28(26)38-31)19-9-18(10-21(32)11-19)6-7-44(3,42)43/h4-5,9-17H,6-8H2,1-3H3,(H,35,41)(H,37,38)(H,39,40). The van der Waals surface area contributed by atoms with Gasteiger partial charge in [0.15, 0.2) is 11.5 Å². The molecule has 11 nitrogen and oxygen atoms in total. The predicted octanol–water partition coefficient (Wildman–Crippen LogP) is 5.34. The molecule has 0 unspecified atom stereocenters. The Morgan fingerprint density at radius 1 is 0.955 bits per heavy atom. The average Bonchev–Trinajstić information content (AvgIpc) is 3.59. The van der Waals surface area contributed by atoms with Crippen LogP contribution in [0, 0.1) is 11.7 Å². The van der Waals surface area contributed by atoms with Crippen molar-refractivity contribution in [1.82, 2.24) is 35.1 Å². The number of hydrogen-bond acceptors (Lipinski definition) is 8. The lowest BCUT2D eigenvalue weighted by molar-refractivity contribution is -0.116. The zero-order chi connectivity index (χ0) is 31.0. The highest BCUT2D eigenvalue weighted by Crippen LogP contribution is 2.32. The van der Waals surface area contributed by atoms with E-state index < -0.39 is 15.7 Å². The number of aryl methyl sites for hydroxylation is 1. The maximum atomic E-state index is 14.6. The number of fused-ring (bicyclic) bond motifs is 2. The largest absolute Gasteiger partial charge is 0.335 e. The lowest BCUT2D eigenvalue weighted by atomic mass is 10.0. The summed E-state index contributed by atoms with van der Waals surface area (Å²) >= 11 is 0. The number of aromatic amines is 2. The van der Waals surface area contributed by atoms with Crippen LogP contribution in [-0.4, -0.2) is 61.5 Å². The molecule has 5 aromatic heterocycles. The molecule has 0 atom stereocenters. The molecule has 224 valence electrons. The third-order valence-corrected chi connectivity index (χ3v) is 7.91. The fourth-order valence-electron chi connectivity index (χ4n) is 4.97. The number of carbonyl (C=O) groups is 1. The Bertz CT molecular complexity index is 2140. The van der Waals surface area contributed by atoms with E-state index in [2.05, 4.69) is 30.5 Å². The Morgan fingerprint density at radius 2 is 1.77 bits per heavy atom. The Balaban J connectivity index is 1.36. The van der Waals surface area contributed by atoms with E-state index in [1.165, 1.54) is 12.1 Å². The van der Waals surface area contributed by atoms with Crippen molar-refractivity contribution in [2.24, 2.45) is 5.92 Å². The normalized spacial score (nSPS) is 11.9. The van der Waals surface area contributed by atoms with E-state index in [1.807, 2.05) is 32.0 Å². The van der Waals surface area contributed by atoms with Crippen molar-refractivity contribution < 1.29 is 17.6 Å². The molecular formula is C31H29FN8O3S. The van der Waals surface area contributed by atoms with Gasteiger partial charge < -0.3 is 10.3 Å². The molecule has 0 aliphatic rings. The van der Waals surface area contributed by atoms with Gasteiger partial charge in [0.05, 0.1) is 46.1 Å². The second-order valence-electron chi connectivity index (χ2n) is 11.2. The molecule has 0 bridgehead atoms. The summed E-state index contributed by atoms with van der Waals surface area (Å²) < 4.78 is 37.9. The number of sulfone groups is 1. The van der Waals surface area contributed by atoms with Crippen molar-refractivity contribution in [3.63, 3.8) is 0 Å². The van der Waals surface area contributed by atoms with Crippen LogP contribution in [0.15, 0.2) is 61.2 Å². The smallest absolute Gasteiger partial charge is 0.224 e. The molecule has 6 rings (SSSR count). The highest BCUT2D eigenvalue weighted by Gasteiger charge is 2.18. The average molecular weight is 613 g/mol. The van der Waals surface area contributed by atoms with Crippen molar-refractivity contribution >= 4 is 43.5 Å². The highest BCUT2D eigenvalue weighted by molar-refractivity contribution is 7.90. The molecular weight excluding hydrogens is 583 g/mol. The molecule has 0 spiro atoms. The quantitative estimate of drug-likeness (QED) is 0.197. The first-order valence-corrected chi connectivity index (χ1v) is 16.0. The van der Waals surface area contributed by atoms with E-state index in [-0.39, 0.29) is 24.0 Å². The van der Waals surface area contributed by atoms with Crippen molar-refractivity contribution in [3.8, 4) is 33.9 Å². The number of imidazole rings is 1. The van der Waals surface area contributed by atoms with Crippen LogP contribution in [0.3, 0.4) is 0 Å². The first-order valence-electron chi connectivity index (χ1n) is 13.9. The van der Waals surface area contributed by atoms with Crippen molar-refractivity contribution in [2.45, 2.75) is 26.7 Å². The number of nitrogens with one attached hydrogen (secondary N) is 3. The number of anilines is 1. The van der Waals surface area contributed by atoms with Gasteiger partial charge in [-0.3, -0.25) is 19.9 Å². The molecule has 5 heterocycles. The third kappa shape index (κ3) is 6.32. The predicted molar refractivity (Wildman–Crippen MR) is 167 cm³/mol. The van der Waals surface area contributed by atoms with E-state index in [0.717, 1.165) is 11.8 Å². The summed E-state index contributed by atoms with van der Waals surface area (Å²) in [5.41, 5.74) is 6.51. The van der Waals surface area contributed by atoms with Gasteiger partial charge in [0.25, 0.3) is 0 Å². The number of pyridine rings is 3. The van der Waals surface area contributed by atoms with E-state index in [9.17, 15) is 17.6 Å². The second-order valence-corrected chi connectivity index (χ2v) is 13.4. The molecule has 0 aliphatic carbocycles. The summed E-state index contributed by atoms with van der Waals surface area (Å²) in [6, 6.07) is 9.99. The van der Waals surface area contributed by atoms with Crippen LogP contribution >= 0.6 is 0 Å². The van der Waals surface area contributed by atoms with Crippen LogP contribution in [0.25, 0.3) is 56.0 Å². The number of hydrogen-bond donors (Lipinski definition) is 3. The first-order chi connectivity index (χ1) is 21.0. The van der Waals surface area contributed by atoms with Gasteiger partial charge in [-0.25, -0.2) is 22.8 Å². The molecule has 0 aliphatic heterocycles. The van der Waals surface area contributed by atoms with E-state index in [1.54, 1.807) is 30.9 Å². The Labute approximate surface area is 252 Å². The van der Waals surface area contributed by atoms with E-state index >= 15 is 0 Å². The summed E-state index contributed by atoms with van der Waals surface area (Å²) in [5, 5.41) is 10.3. The molecule has 1 amide bonds. The summed E-state index contributed by atoms with van der Waals surface area (Å²) in [6.07, 6.45) is 8.24. The van der Waals surface area contributed by atoms with Gasteiger partial charge >= 0.3 is 0 Å². The molecule has 1 aromatic carbocycles. The molecule has 0 fully saturated rings. The summed E-state index contributed by atoms with van der Waals surface area (Å²) in [4.78, 5) is 33.8. The summed E-state index contributed by atoms with van der Waals surface area (Å²) in [7, 11) is -3.21. The van der Waals surface area contributed by atoms with E-state index in [4.69, 9.17) is 9.97 Å². The molecule has 0 saturated heterocycles. The zero-order valence-electron chi connectivity index (χ0n) is 24.2. The zero-order valence-corrected chi connectivity index (χ0v) is 25.0. The maximum Gasteiger partial charge on any atom is 0.224 e. The topological polar surface area (TPSA) is 159 Å². The highest BCUT2D eigenvalue weighted by atomic mass is 32.2. The number of carbonyl (C=O) groups excluding carboxylic acids is 1. The maximum absolute atomic E-state index is 14.6. The molecule has 6 aromatic rings. The molecule has 3 N–H and O–H groups in total. The van der Waals surface area contributed by atoms with Crippen LogP contribution in [0.5, 0.6) is 0 Å². The lowest BCUT2D eigenvalue weighted by Gasteiger charge is -2.08. The van der Waals surface area contributed by atoms with Gasteiger partial charge in [-0.1, -0.05) is 19.9 Å². The minimum Gasteiger partial charge on any atom is -0.335 e. The van der Waals surface area contributed by atoms with Crippen LogP contribution in [0.2, 0.25) is 0 Å². The van der Waals surface area contributed by atoms with Crippen LogP contribution in [0.1, 0.15) is 25.8 Å². The summed E-state index contributed by atoms with van der Waals surface area (Å²) in [6.45, 7) is 3.97. The number of rotatable bonds is 9. The second kappa shape index (κ2) is 11.6. The Kier molecular flexibility index (Phi) is 7.64. The fraction of sp³-hybridized carbons (Fsp3) is 0.226. The van der Waals surface area contributed by atoms with Crippen molar-refractivity contribution in [1.29, 1.82) is 0 Å². The van der Waals surface area contributed by atoms with Crippen molar-refractivity contribution in [3.05, 3.63) is 72.6 Å². The van der Waals surface area contributed by atoms with Gasteiger partial charge in [0.2, 0.25) is 5.91 Å². The number of halogens is 1. The molecule has 13 heteroatoms. The molecule has 0 radical (unpaired) electrons. The monoisotopic (exact) mass is 612 g/mol. The first kappa shape index (κ1) is 29.1. The minimum absolute atomic E-state index is 0.0819. The van der Waals surface area contributed by atoms with Gasteiger partial charge in [-0.2, -0.15) is 5.10 Å². The van der Waals surface area contributed by atoms with Gasteiger partial charge in [0.1, 0.15) is 21.2 Å². The minimum atomic E-state index is -3.21. The number of amides is 1. The molecule has 0 saturated carbocycles. The fourth-order valence-corrected chi connectivity index (χ4v) is 5.57. The van der Waals surface area contributed by atoms with Crippen LogP contribution < -0.4 is 5.32 Å². The SMILES string of the molecule is CC(C)CC(=O)Nc1cncc(-c2ccc3[nH]nc(-c4nc5c(-c6cc(F)cc(CCS(C)(=O)=O)c6)cncc5[nH]4)c3n2)c1. The Hall–Kier alpha value is -5.04. The van der Waals surface area contributed by atoms with Crippen LogP contribution in [-0.2, 0) is 21.1 Å². The number of aromatic nitrogens is 7. The van der Waals surface area contributed by atoms with Gasteiger partial charge in [-0.05, 0) is 53.8 Å². The number of H-pyrrole nitrogens is 2. The van der Waals surface area contributed by atoms with Crippen LogP contribution in [0.4, 0.5) is 10.1 Å². The summed E-state index contributed by atoms with van der Waals surface area (Å²) in [5.74, 6) is 0.0254. The number of benzene rings is 1. The Morgan fingerprint density at radius 3 is 2.57 bits per heavy atom. The van der Waals surface area contributed by atoms with Crippen molar-refractivity contribution in [2.75, 3.05) is 17.3 Å². The third-order valence-electron chi connectivity index (χ3n) is 6.97. The molecule has 44 heavy (non-hydrogen) atoms. The van der Waals surface area contributed by atoms with Gasteiger partial charge in [-0.15, -0.1) is 0 Å². The number of nitrogens with zero attached hydrogens (tertiary/aromatic N) is 5. The lowest BCUT2D eigenvalue weighted by Crippen LogP contribution is -2.14. The van der Waals surface area contributed by atoms with Gasteiger partial charge in [0, 0.05) is 36.2 Å². The van der Waals surface area contributed by atoms with E-state index in [0.29, 0.717) is 68.1 Å².